The summed E-state index contributed by atoms with van der Waals surface area (Å²) < 4.78 is 0. The molecule has 0 aromatic rings. The molecule has 12 heavy (non-hydrogen) atoms. The van der Waals surface area contributed by atoms with Crippen LogP contribution in [0.4, 0.5) is 0 Å². The van der Waals surface area contributed by atoms with E-state index in [0.29, 0.717) is 11.2 Å². The van der Waals surface area contributed by atoms with Crippen LogP contribution < -0.4 is 5.32 Å². The molecule has 0 aromatic carbocycles. The first-order chi connectivity index (χ1) is 5.77. The largest absolute Gasteiger partial charge is 0.378 e. The maximum atomic E-state index is 5.92. The monoisotopic (exact) mass is 184 g/mol. The molecule has 2 aliphatic rings. The van der Waals surface area contributed by atoms with Gasteiger partial charge in [-0.15, -0.1) is 0 Å². The van der Waals surface area contributed by atoms with Crippen LogP contribution >= 0.6 is 11.6 Å². The Morgan fingerprint density at radius 3 is 3.17 bits per heavy atom. The summed E-state index contributed by atoms with van der Waals surface area (Å²) in [4.78, 5) is 4.38. The van der Waals surface area contributed by atoms with Gasteiger partial charge in [0.05, 0.1) is 6.04 Å². The zero-order chi connectivity index (χ0) is 8.55. The fraction of sp³-hybridized carbons (Fsp3) is 0.667. The average molecular weight is 185 g/mol. The topological polar surface area (TPSA) is 24.4 Å². The Morgan fingerprint density at radius 2 is 2.33 bits per heavy atom. The molecular weight excluding hydrogens is 172 g/mol. The van der Waals surface area contributed by atoms with E-state index < -0.39 is 0 Å². The minimum atomic E-state index is 0.473. The summed E-state index contributed by atoms with van der Waals surface area (Å²) in [5, 5.41) is 4.03. The zero-order valence-electron chi connectivity index (χ0n) is 7.23. The van der Waals surface area contributed by atoms with Gasteiger partial charge in [-0.2, -0.15) is 0 Å². The Balaban J connectivity index is 2.23. The second-order valence-corrected chi connectivity index (χ2v) is 3.82. The van der Waals surface area contributed by atoms with Crippen molar-refractivity contribution in [2.24, 2.45) is 4.99 Å². The summed E-state index contributed by atoms with van der Waals surface area (Å²) in [5.41, 5.74) is 2.27. The Kier molecular flexibility index (Phi) is 2.09. The van der Waals surface area contributed by atoms with Gasteiger partial charge in [-0.25, -0.2) is 4.99 Å². The van der Waals surface area contributed by atoms with Crippen LogP contribution in [0.1, 0.15) is 32.6 Å². The van der Waals surface area contributed by atoms with Crippen molar-refractivity contribution in [1.29, 1.82) is 0 Å². The van der Waals surface area contributed by atoms with Crippen molar-refractivity contribution in [2.75, 3.05) is 0 Å². The minimum Gasteiger partial charge on any atom is -0.378 e. The summed E-state index contributed by atoms with van der Waals surface area (Å²) in [6, 6.07) is 0.473. The Labute approximate surface area is 77.7 Å². The van der Waals surface area contributed by atoms with Crippen molar-refractivity contribution in [3.05, 3.63) is 10.9 Å². The molecule has 2 rings (SSSR count). The van der Waals surface area contributed by atoms with Gasteiger partial charge in [0.1, 0.15) is 5.16 Å². The van der Waals surface area contributed by atoms with Crippen LogP contribution in [-0.4, -0.2) is 11.8 Å². The summed E-state index contributed by atoms with van der Waals surface area (Å²) >= 11 is 5.92. The van der Waals surface area contributed by atoms with Gasteiger partial charge in [-0.3, -0.25) is 0 Å². The summed E-state index contributed by atoms with van der Waals surface area (Å²) in [6.45, 7) is 1.98. The SMILES string of the molecule is CC1=C(Cl)N=C2CCCCC2N1. The van der Waals surface area contributed by atoms with Crippen LogP contribution in [0.25, 0.3) is 0 Å². The molecule has 0 bridgehead atoms. The molecule has 1 saturated carbocycles. The molecule has 1 N–H and O–H groups in total. The number of hydrogen-bond donors (Lipinski definition) is 1. The van der Waals surface area contributed by atoms with Crippen LogP contribution in [0.3, 0.4) is 0 Å². The van der Waals surface area contributed by atoms with Gasteiger partial charge in [-0.05, 0) is 26.2 Å². The number of allylic oxidation sites excluding steroid dienone is 1. The van der Waals surface area contributed by atoms with Gasteiger partial charge in [0.15, 0.2) is 0 Å². The maximum Gasteiger partial charge on any atom is 0.147 e. The van der Waals surface area contributed by atoms with E-state index >= 15 is 0 Å². The summed E-state index contributed by atoms with van der Waals surface area (Å²) in [6.07, 6.45) is 4.89. The van der Waals surface area contributed by atoms with E-state index in [0.717, 1.165) is 12.1 Å². The number of nitrogens with zero attached hydrogens (tertiary/aromatic N) is 1. The first-order valence-corrected chi connectivity index (χ1v) is 4.85. The second kappa shape index (κ2) is 3.09. The summed E-state index contributed by atoms with van der Waals surface area (Å²) in [5.74, 6) is 0. The maximum absolute atomic E-state index is 5.92. The number of rotatable bonds is 0. The lowest BCUT2D eigenvalue weighted by molar-refractivity contribution is 0.542. The smallest absolute Gasteiger partial charge is 0.147 e. The molecule has 1 aliphatic heterocycles. The lowest BCUT2D eigenvalue weighted by Crippen LogP contribution is -2.40. The highest BCUT2D eigenvalue weighted by molar-refractivity contribution is 6.30. The van der Waals surface area contributed by atoms with E-state index in [4.69, 9.17) is 11.6 Å². The molecular formula is C9H13ClN2. The molecule has 0 aromatic heterocycles. The van der Waals surface area contributed by atoms with Gasteiger partial charge < -0.3 is 5.32 Å². The van der Waals surface area contributed by atoms with Gasteiger partial charge in [0.25, 0.3) is 0 Å². The van der Waals surface area contributed by atoms with Crippen LogP contribution in [0.2, 0.25) is 0 Å². The highest BCUT2D eigenvalue weighted by atomic mass is 35.5. The van der Waals surface area contributed by atoms with Crippen molar-refractivity contribution < 1.29 is 0 Å². The molecule has 0 saturated heterocycles. The molecule has 1 heterocycles. The number of halogens is 1. The molecule has 0 amide bonds. The fourth-order valence-electron chi connectivity index (χ4n) is 1.82. The van der Waals surface area contributed by atoms with E-state index in [1.165, 1.54) is 25.0 Å². The normalized spacial score (nSPS) is 29.2. The van der Waals surface area contributed by atoms with Crippen molar-refractivity contribution in [2.45, 2.75) is 38.6 Å². The van der Waals surface area contributed by atoms with Gasteiger partial charge in [0, 0.05) is 11.4 Å². The molecule has 1 unspecified atom stereocenters. The highest BCUT2D eigenvalue weighted by Gasteiger charge is 2.23. The third kappa shape index (κ3) is 1.36. The van der Waals surface area contributed by atoms with Crippen molar-refractivity contribution in [3.8, 4) is 0 Å². The van der Waals surface area contributed by atoms with Crippen LogP contribution in [-0.2, 0) is 0 Å². The number of hydrogen-bond acceptors (Lipinski definition) is 2. The molecule has 66 valence electrons. The third-order valence-corrected chi connectivity index (χ3v) is 2.89. The first kappa shape index (κ1) is 8.11. The van der Waals surface area contributed by atoms with Gasteiger partial charge in [0.2, 0.25) is 0 Å². The fourth-order valence-corrected chi connectivity index (χ4v) is 1.98. The molecule has 1 fully saturated rings. The summed E-state index contributed by atoms with van der Waals surface area (Å²) in [7, 11) is 0. The first-order valence-electron chi connectivity index (χ1n) is 4.48. The highest BCUT2D eigenvalue weighted by Crippen LogP contribution is 2.24. The van der Waals surface area contributed by atoms with E-state index in [1.54, 1.807) is 0 Å². The second-order valence-electron chi connectivity index (χ2n) is 3.46. The van der Waals surface area contributed by atoms with E-state index in [1.807, 2.05) is 6.92 Å². The molecule has 2 nitrogen and oxygen atoms in total. The Hall–Kier alpha value is -0.500. The number of nitrogens with one attached hydrogen (secondary N) is 1. The molecule has 3 heteroatoms. The Bertz CT molecular complexity index is 255. The van der Waals surface area contributed by atoms with Crippen molar-refractivity contribution >= 4 is 17.3 Å². The molecule has 0 radical (unpaired) electrons. The van der Waals surface area contributed by atoms with Gasteiger partial charge in [-0.1, -0.05) is 18.0 Å². The lowest BCUT2D eigenvalue weighted by atomic mass is 9.92. The number of fused-ring (bicyclic) bond motifs is 1. The zero-order valence-corrected chi connectivity index (χ0v) is 7.99. The molecule has 0 spiro atoms. The standard InChI is InChI=1S/C9H13ClN2/c1-6-9(10)12-8-5-3-2-4-7(8)11-6/h7,11H,2-5H2,1H3. The lowest BCUT2D eigenvalue weighted by Gasteiger charge is -2.29. The van der Waals surface area contributed by atoms with Crippen molar-refractivity contribution in [1.82, 2.24) is 5.32 Å². The molecule has 1 aliphatic carbocycles. The predicted octanol–water partition coefficient (Wildman–Crippen LogP) is 2.40. The van der Waals surface area contributed by atoms with E-state index in [2.05, 4.69) is 10.3 Å². The predicted molar refractivity (Wildman–Crippen MR) is 51.4 cm³/mol. The van der Waals surface area contributed by atoms with E-state index in [9.17, 15) is 0 Å². The van der Waals surface area contributed by atoms with Gasteiger partial charge >= 0.3 is 0 Å². The third-order valence-electron chi connectivity index (χ3n) is 2.52. The van der Waals surface area contributed by atoms with E-state index in [-0.39, 0.29) is 0 Å². The van der Waals surface area contributed by atoms with Crippen LogP contribution in [0, 0.1) is 0 Å². The van der Waals surface area contributed by atoms with Crippen LogP contribution in [0.5, 0.6) is 0 Å². The molecule has 1 atom stereocenters. The number of aliphatic imine (C=N–C) groups is 1. The quantitative estimate of drug-likeness (QED) is 0.575. The Morgan fingerprint density at radius 1 is 1.50 bits per heavy atom. The average Bonchev–Trinajstić information content (AvgIpc) is 2.07. The van der Waals surface area contributed by atoms with Crippen LogP contribution in [0.15, 0.2) is 15.8 Å². The minimum absolute atomic E-state index is 0.473. The van der Waals surface area contributed by atoms with Crippen molar-refractivity contribution in [3.63, 3.8) is 0 Å².